The van der Waals surface area contributed by atoms with Gasteiger partial charge in [-0.3, -0.25) is 0 Å². The molecule has 0 bridgehead atoms. The first-order chi connectivity index (χ1) is 11.6. The molecule has 0 aromatic carbocycles. The molecule has 1 unspecified atom stereocenters. The Balaban J connectivity index is 1.68. The summed E-state index contributed by atoms with van der Waals surface area (Å²) in [6, 6.07) is 0.811. The van der Waals surface area contributed by atoms with Gasteiger partial charge in [-0.1, -0.05) is 19.8 Å². The highest BCUT2D eigenvalue weighted by molar-refractivity contribution is 9.10. The fourth-order valence-corrected chi connectivity index (χ4v) is 5.54. The summed E-state index contributed by atoms with van der Waals surface area (Å²) in [5.74, 6) is 1.82. The van der Waals surface area contributed by atoms with E-state index in [1.807, 2.05) is 10.7 Å². The van der Waals surface area contributed by atoms with E-state index < -0.39 is 0 Å². The molecule has 2 heterocycles. The Morgan fingerprint density at radius 3 is 2.79 bits per heavy atom. The third kappa shape index (κ3) is 1.96. The van der Waals surface area contributed by atoms with Crippen molar-refractivity contribution in [3.05, 3.63) is 21.9 Å². The Labute approximate surface area is 150 Å². The molecule has 2 fully saturated rings. The highest BCUT2D eigenvalue weighted by Gasteiger charge is 2.49. The Morgan fingerprint density at radius 2 is 2.08 bits per heavy atom. The molecule has 1 atom stereocenters. The van der Waals surface area contributed by atoms with Crippen LogP contribution in [-0.4, -0.2) is 26.7 Å². The van der Waals surface area contributed by atoms with Gasteiger partial charge in [0.15, 0.2) is 5.65 Å². The SMILES string of the molecule is CC1Cc2c(nc3c(Br)cnn3c2NC2CC(N)C2)C12CCCC2. The van der Waals surface area contributed by atoms with Crippen LogP contribution in [0.15, 0.2) is 10.7 Å². The molecule has 6 heteroatoms. The largest absolute Gasteiger partial charge is 0.367 e. The zero-order chi connectivity index (χ0) is 16.5. The lowest BCUT2D eigenvalue weighted by molar-refractivity contribution is 0.316. The van der Waals surface area contributed by atoms with Gasteiger partial charge in [-0.15, -0.1) is 0 Å². The Hall–Kier alpha value is -1.14. The van der Waals surface area contributed by atoms with E-state index in [1.54, 1.807) is 0 Å². The minimum Gasteiger partial charge on any atom is -0.367 e. The maximum Gasteiger partial charge on any atom is 0.171 e. The number of nitrogens with zero attached hydrogens (tertiary/aromatic N) is 3. The number of aromatic nitrogens is 3. The van der Waals surface area contributed by atoms with E-state index >= 15 is 0 Å². The molecule has 0 aliphatic heterocycles. The van der Waals surface area contributed by atoms with Gasteiger partial charge in [0.25, 0.3) is 0 Å². The van der Waals surface area contributed by atoms with Gasteiger partial charge < -0.3 is 11.1 Å². The summed E-state index contributed by atoms with van der Waals surface area (Å²) in [6.07, 6.45) is 10.3. The molecule has 3 aliphatic carbocycles. The van der Waals surface area contributed by atoms with Gasteiger partial charge in [0.1, 0.15) is 5.82 Å². The second-order valence-electron chi connectivity index (χ2n) is 8.06. The first kappa shape index (κ1) is 15.1. The summed E-state index contributed by atoms with van der Waals surface area (Å²) >= 11 is 3.63. The van der Waals surface area contributed by atoms with Crippen LogP contribution in [-0.2, 0) is 11.8 Å². The molecule has 0 radical (unpaired) electrons. The molecule has 2 aromatic rings. The highest BCUT2D eigenvalue weighted by Crippen LogP contribution is 2.54. The van der Waals surface area contributed by atoms with Crippen molar-refractivity contribution < 1.29 is 0 Å². The predicted octanol–water partition coefficient (Wildman–Crippen LogP) is 3.40. The second kappa shape index (κ2) is 5.18. The number of nitrogens with two attached hydrogens (primary N) is 1. The average molecular weight is 390 g/mol. The quantitative estimate of drug-likeness (QED) is 0.825. The van der Waals surface area contributed by atoms with Gasteiger partial charge in [-0.05, 0) is 54.0 Å². The van der Waals surface area contributed by atoms with Crippen LogP contribution in [0.3, 0.4) is 0 Å². The molecule has 5 nitrogen and oxygen atoms in total. The molecule has 3 N–H and O–H groups in total. The number of anilines is 1. The van der Waals surface area contributed by atoms with Gasteiger partial charge in [0, 0.05) is 23.1 Å². The first-order valence-electron chi connectivity index (χ1n) is 9.17. The van der Waals surface area contributed by atoms with E-state index in [9.17, 15) is 0 Å². The fraction of sp³-hybridized carbons (Fsp3) is 0.667. The zero-order valence-electron chi connectivity index (χ0n) is 14.1. The van der Waals surface area contributed by atoms with E-state index in [0.717, 1.165) is 35.2 Å². The molecule has 5 rings (SSSR count). The van der Waals surface area contributed by atoms with Crippen LogP contribution in [0.2, 0.25) is 0 Å². The molecular formula is C18H24BrN5. The van der Waals surface area contributed by atoms with Crippen LogP contribution in [0.5, 0.6) is 0 Å². The van der Waals surface area contributed by atoms with Gasteiger partial charge >= 0.3 is 0 Å². The molecule has 0 amide bonds. The average Bonchev–Trinajstić information content (AvgIpc) is 3.21. The number of halogens is 1. The summed E-state index contributed by atoms with van der Waals surface area (Å²) in [5, 5.41) is 8.33. The first-order valence-corrected chi connectivity index (χ1v) is 9.96. The lowest BCUT2D eigenvalue weighted by Crippen LogP contribution is -2.45. The molecule has 2 aromatic heterocycles. The van der Waals surface area contributed by atoms with Crippen LogP contribution >= 0.6 is 15.9 Å². The molecule has 2 saturated carbocycles. The smallest absolute Gasteiger partial charge is 0.171 e. The minimum absolute atomic E-state index is 0.285. The Bertz CT molecular complexity index is 801. The van der Waals surface area contributed by atoms with Gasteiger partial charge in [-0.2, -0.15) is 9.61 Å². The van der Waals surface area contributed by atoms with Crippen molar-refractivity contribution in [2.24, 2.45) is 11.7 Å². The van der Waals surface area contributed by atoms with Crippen molar-refractivity contribution in [1.82, 2.24) is 14.6 Å². The maximum atomic E-state index is 5.99. The third-order valence-electron chi connectivity index (χ3n) is 6.64. The van der Waals surface area contributed by atoms with Crippen molar-refractivity contribution in [1.29, 1.82) is 0 Å². The van der Waals surface area contributed by atoms with Crippen LogP contribution in [0.1, 0.15) is 56.7 Å². The molecule has 24 heavy (non-hydrogen) atoms. The fourth-order valence-electron chi connectivity index (χ4n) is 5.20. The van der Waals surface area contributed by atoms with E-state index in [4.69, 9.17) is 10.7 Å². The van der Waals surface area contributed by atoms with Gasteiger partial charge in [0.05, 0.1) is 16.4 Å². The third-order valence-corrected chi connectivity index (χ3v) is 7.20. The number of fused-ring (bicyclic) bond motifs is 3. The topological polar surface area (TPSA) is 68.2 Å². The van der Waals surface area contributed by atoms with Crippen LogP contribution in [0.4, 0.5) is 5.82 Å². The Kier molecular flexibility index (Phi) is 3.27. The lowest BCUT2D eigenvalue weighted by atomic mass is 9.76. The summed E-state index contributed by atoms with van der Waals surface area (Å²) < 4.78 is 2.97. The van der Waals surface area contributed by atoms with E-state index in [1.165, 1.54) is 36.9 Å². The monoisotopic (exact) mass is 389 g/mol. The van der Waals surface area contributed by atoms with E-state index in [-0.39, 0.29) is 5.41 Å². The van der Waals surface area contributed by atoms with Crippen molar-refractivity contribution in [3.63, 3.8) is 0 Å². The van der Waals surface area contributed by atoms with Crippen LogP contribution in [0, 0.1) is 5.92 Å². The standard InChI is InChI=1S/C18H24BrN5/c1-10-6-13-15(18(10)4-2-3-5-18)23-17-14(19)9-21-24(17)16(13)22-12-7-11(20)8-12/h9-12,22H,2-8,20H2,1H3. The maximum absolute atomic E-state index is 5.99. The summed E-state index contributed by atoms with van der Waals surface area (Å²) in [7, 11) is 0. The van der Waals surface area contributed by atoms with E-state index in [0.29, 0.717) is 18.0 Å². The van der Waals surface area contributed by atoms with Crippen molar-refractivity contribution >= 4 is 27.4 Å². The highest BCUT2D eigenvalue weighted by atomic mass is 79.9. The van der Waals surface area contributed by atoms with E-state index in [2.05, 4.69) is 33.3 Å². The summed E-state index contributed by atoms with van der Waals surface area (Å²) in [6.45, 7) is 2.41. The Morgan fingerprint density at radius 1 is 1.33 bits per heavy atom. The van der Waals surface area contributed by atoms with Crippen molar-refractivity contribution in [2.45, 2.75) is 69.4 Å². The number of nitrogens with one attached hydrogen (secondary N) is 1. The van der Waals surface area contributed by atoms with Gasteiger partial charge in [-0.25, -0.2) is 4.98 Å². The van der Waals surface area contributed by atoms with Crippen molar-refractivity contribution in [2.75, 3.05) is 5.32 Å². The van der Waals surface area contributed by atoms with Crippen LogP contribution in [0.25, 0.3) is 5.65 Å². The van der Waals surface area contributed by atoms with Crippen LogP contribution < -0.4 is 11.1 Å². The lowest BCUT2D eigenvalue weighted by Gasteiger charge is -2.34. The number of rotatable bonds is 2. The minimum atomic E-state index is 0.285. The molecule has 1 spiro atoms. The zero-order valence-corrected chi connectivity index (χ0v) is 15.6. The number of hydrogen-bond acceptors (Lipinski definition) is 4. The predicted molar refractivity (Wildman–Crippen MR) is 98.3 cm³/mol. The normalized spacial score (nSPS) is 30.7. The number of hydrogen-bond donors (Lipinski definition) is 2. The second-order valence-corrected chi connectivity index (χ2v) is 8.91. The summed E-state index contributed by atoms with van der Waals surface area (Å²) in [4.78, 5) is 5.12. The molecular weight excluding hydrogens is 366 g/mol. The van der Waals surface area contributed by atoms with Gasteiger partial charge in [0.2, 0.25) is 0 Å². The summed E-state index contributed by atoms with van der Waals surface area (Å²) in [5.41, 5.74) is 9.95. The molecule has 3 aliphatic rings. The molecule has 128 valence electrons. The molecule has 0 saturated heterocycles. The van der Waals surface area contributed by atoms with Crippen molar-refractivity contribution in [3.8, 4) is 0 Å².